The molecule has 1 aromatic rings. The quantitative estimate of drug-likeness (QED) is 0.923. The zero-order valence-corrected chi connectivity index (χ0v) is 12.7. The van der Waals surface area contributed by atoms with Gasteiger partial charge >= 0.3 is 0 Å². The molecule has 1 aliphatic rings. The zero-order chi connectivity index (χ0) is 14.9. The van der Waals surface area contributed by atoms with Crippen LogP contribution >= 0.6 is 0 Å². The first kappa shape index (κ1) is 15.0. The SMILES string of the molecule is Cc1nc(C(C)C)oc1C(=O)N1CC[C@@H](C)C[C@H]1CO. The number of amides is 1. The summed E-state index contributed by atoms with van der Waals surface area (Å²) in [6.45, 7) is 8.59. The summed E-state index contributed by atoms with van der Waals surface area (Å²) >= 11 is 0. The van der Waals surface area contributed by atoms with Gasteiger partial charge < -0.3 is 14.4 Å². The molecular weight excluding hydrogens is 256 g/mol. The third kappa shape index (κ3) is 2.87. The number of carbonyl (C=O) groups is 1. The molecule has 1 fully saturated rings. The summed E-state index contributed by atoms with van der Waals surface area (Å²) in [7, 11) is 0. The molecule has 5 heteroatoms. The number of aromatic nitrogens is 1. The van der Waals surface area contributed by atoms with Crippen molar-refractivity contribution < 1.29 is 14.3 Å². The van der Waals surface area contributed by atoms with Crippen molar-refractivity contribution in [2.24, 2.45) is 5.92 Å². The van der Waals surface area contributed by atoms with Crippen molar-refractivity contribution in [1.29, 1.82) is 0 Å². The maximum atomic E-state index is 12.6. The molecule has 0 saturated carbocycles. The summed E-state index contributed by atoms with van der Waals surface area (Å²) in [5.41, 5.74) is 0.633. The first-order valence-corrected chi connectivity index (χ1v) is 7.33. The summed E-state index contributed by atoms with van der Waals surface area (Å²) < 4.78 is 5.63. The maximum absolute atomic E-state index is 12.6. The molecule has 1 aromatic heterocycles. The third-order valence-corrected chi connectivity index (χ3v) is 3.95. The van der Waals surface area contributed by atoms with Crippen LogP contribution in [-0.4, -0.2) is 40.1 Å². The van der Waals surface area contributed by atoms with E-state index in [1.165, 1.54) is 0 Å². The average molecular weight is 280 g/mol. The summed E-state index contributed by atoms with van der Waals surface area (Å²) in [5, 5.41) is 9.50. The number of hydrogen-bond acceptors (Lipinski definition) is 4. The van der Waals surface area contributed by atoms with Gasteiger partial charge in [-0.25, -0.2) is 4.98 Å². The van der Waals surface area contributed by atoms with Crippen LogP contribution in [0.15, 0.2) is 4.42 Å². The van der Waals surface area contributed by atoms with Crippen molar-refractivity contribution in [2.45, 2.75) is 52.5 Å². The van der Waals surface area contributed by atoms with Crippen molar-refractivity contribution in [3.05, 3.63) is 17.3 Å². The Morgan fingerprint density at radius 1 is 1.55 bits per heavy atom. The first-order chi connectivity index (χ1) is 9.43. The van der Waals surface area contributed by atoms with Crippen molar-refractivity contribution in [3.63, 3.8) is 0 Å². The van der Waals surface area contributed by atoms with Gasteiger partial charge in [-0.1, -0.05) is 20.8 Å². The van der Waals surface area contributed by atoms with Crippen LogP contribution in [0, 0.1) is 12.8 Å². The fraction of sp³-hybridized carbons (Fsp3) is 0.733. The van der Waals surface area contributed by atoms with Crippen molar-refractivity contribution in [3.8, 4) is 0 Å². The van der Waals surface area contributed by atoms with Gasteiger partial charge in [0, 0.05) is 12.5 Å². The highest BCUT2D eigenvalue weighted by atomic mass is 16.4. The van der Waals surface area contributed by atoms with Crippen LogP contribution in [0.2, 0.25) is 0 Å². The molecule has 0 spiro atoms. The molecule has 112 valence electrons. The van der Waals surface area contributed by atoms with Gasteiger partial charge in [-0.15, -0.1) is 0 Å². The second-order valence-corrected chi connectivity index (χ2v) is 6.09. The molecule has 0 unspecified atom stereocenters. The lowest BCUT2D eigenvalue weighted by molar-refractivity contribution is 0.0399. The van der Waals surface area contributed by atoms with E-state index >= 15 is 0 Å². The molecule has 5 nitrogen and oxygen atoms in total. The fourth-order valence-corrected chi connectivity index (χ4v) is 2.69. The number of hydrogen-bond donors (Lipinski definition) is 1. The Balaban J connectivity index is 2.22. The number of aryl methyl sites for hydroxylation is 1. The summed E-state index contributed by atoms with van der Waals surface area (Å²) in [6.07, 6.45) is 1.80. The van der Waals surface area contributed by atoms with Crippen molar-refractivity contribution in [2.75, 3.05) is 13.2 Å². The Hall–Kier alpha value is -1.36. The van der Waals surface area contributed by atoms with Gasteiger partial charge in [0.25, 0.3) is 5.91 Å². The smallest absolute Gasteiger partial charge is 0.291 e. The van der Waals surface area contributed by atoms with Gasteiger partial charge in [0.2, 0.25) is 5.76 Å². The predicted octanol–water partition coefficient (Wildman–Crippen LogP) is 2.34. The Morgan fingerprint density at radius 3 is 2.80 bits per heavy atom. The van der Waals surface area contributed by atoms with Crippen molar-refractivity contribution >= 4 is 5.91 Å². The lowest BCUT2D eigenvalue weighted by Gasteiger charge is -2.37. The molecule has 1 amide bonds. The Bertz CT molecular complexity index is 481. The van der Waals surface area contributed by atoms with E-state index in [0.717, 1.165) is 12.8 Å². The highest BCUT2D eigenvalue weighted by molar-refractivity contribution is 5.92. The van der Waals surface area contributed by atoms with Crippen molar-refractivity contribution in [1.82, 2.24) is 9.88 Å². The number of piperidine rings is 1. The lowest BCUT2D eigenvalue weighted by Crippen LogP contribution is -2.47. The number of nitrogens with zero attached hydrogens (tertiary/aromatic N) is 2. The topological polar surface area (TPSA) is 66.6 Å². The molecule has 2 atom stereocenters. The van der Waals surface area contributed by atoms with E-state index in [2.05, 4.69) is 11.9 Å². The highest BCUT2D eigenvalue weighted by Crippen LogP contribution is 2.26. The molecule has 0 bridgehead atoms. The molecule has 0 radical (unpaired) electrons. The molecule has 2 heterocycles. The van der Waals surface area contributed by atoms with Gasteiger partial charge in [0.1, 0.15) is 0 Å². The van der Waals surface area contributed by atoms with Gasteiger partial charge in [-0.05, 0) is 25.7 Å². The minimum absolute atomic E-state index is 0.000300. The van der Waals surface area contributed by atoms with Crippen LogP contribution in [0.25, 0.3) is 0 Å². The Morgan fingerprint density at radius 2 is 2.25 bits per heavy atom. The second kappa shape index (κ2) is 5.95. The molecule has 0 aromatic carbocycles. The van der Waals surface area contributed by atoms with Crippen LogP contribution in [-0.2, 0) is 0 Å². The predicted molar refractivity (Wildman–Crippen MR) is 75.6 cm³/mol. The van der Waals surface area contributed by atoms with Gasteiger partial charge in [-0.2, -0.15) is 0 Å². The summed E-state index contributed by atoms with van der Waals surface area (Å²) in [6, 6.07) is -0.113. The van der Waals surface area contributed by atoms with E-state index < -0.39 is 0 Å². The van der Waals surface area contributed by atoms with Crippen LogP contribution in [0.5, 0.6) is 0 Å². The van der Waals surface area contributed by atoms with E-state index in [0.29, 0.717) is 29.8 Å². The molecule has 1 saturated heterocycles. The zero-order valence-electron chi connectivity index (χ0n) is 12.7. The standard InChI is InChI=1S/C15H24N2O3/c1-9(2)14-16-11(4)13(20-14)15(19)17-6-5-10(3)7-12(17)8-18/h9-10,12,18H,5-8H2,1-4H3/t10-,12+/m1/s1. The monoisotopic (exact) mass is 280 g/mol. The van der Waals surface area contributed by atoms with E-state index in [1.54, 1.807) is 11.8 Å². The highest BCUT2D eigenvalue weighted by Gasteiger charge is 2.33. The minimum atomic E-state index is -0.146. The van der Waals surface area contributed by atoms with E-state index in [4.69, 9.17) is 4.42 Å². The van der Waals surface area contributed by atoms with Gasteiger partial charge in [0.05, 0.1) is 18.3 Å². The second-order valence-electron chi connectivity index (χ2n) is 6.09. The number of carbonyl (C=O) groups excluding carboxylic acids is 1. The molecule has 20 heavy (non-hydrogen) atoms. The molecule has 2 rings (SSSR count). The molecule has 1 aliphatic heterocycles. The number of aliphatic hydroxyl groups excluding tert-OH is 1. The van der Waals surface area contributed by atoms with Gasteiger partial charge in [0.15, 0.2) is 5.89 Å². The van der Waals surface area contributed by atoms with Crippen LogP contribution < -0.4 is 0 Å². The number of likely N-dealkylation sites (tertiary alicyclic amines) is 1. The third-order valence-electron chi connectivity index (χ3n) is 3.95. The molecule has 1 N–H and O–H groups in total. The fourth-order valence-electron chi connectivity index (χ4n) is 2.69. The van der Waals surface area contributed by atoms with Crippen LogP contribution in [0.3, 0.4) is 0 Å². The Kier molecular flexibility index (Phi) is 4.48. The molecule has 0 aliphatic carbocycles. The van der Waals surface area contributed by atoms with Crippen LogP contribution in [0.1, 0.15) is 61.7 Å². The van der Waals surface area contributed by atoms with Gasteiger partial charge in [-0.3, -0.25) is 4.79 Å². The maximum Gasteiger partial charge on any atom is 0.291 e. The minimum Gasteiger partial charge on any atom is -0.435 e. The number of oxazole rings is 1. The largest absolute Gasteiger partial charge is 0.435 e. The molecular formula is C15H24N2O3. The normalized spacial score (nSPS) is 23.4. The van der Waals surface area contributed by atoms with Crippen LogP contribution in [0.4, 0.5) is 0 Å². The summed E-state index contributed by atoms with van der Waals surface area (Å²) in [5.74, 6) is 1.47. The van der Waals surface area contributed by atoms with E-state index in [9.17, 15) is 9.90 Å². The summed E-state index contributed by atoms with van der Waals surface area (Å²) in [4.78, 5) is 18.7. The van der Waals surface area contributed by atoms with E-state index in [-0.39, 0.29) is 24.5 Å². The average Bonchev–Trinajstić information content (AvgIpc) is 2.80. The first-order valence-electron chi connectivity index (χ1n) is 7.33. The van der Waals surface area contributed by atoms with E-state index in [1.807, 2.05) is 13.8 Å². The lowest BCUT2D eigenvalue weighted by atomic mass is 9.92. The Labute approximate surface area is 120 Å². The number of aliphatic hydroxyl groups is 1. The number of rotatable bonds is 3.